The zero-order valence-corrected chi connectivity index (χ0v) is 8.92. The first-order valence-corrected chi connectivity index (χ1v) is 4.73. The summed E-state index contributed by atoms with van der Waals surface area (Å²) >= 11 is 0. The van der Waals surface area contributed by atoms with Crippen molar-refractivity contribution in [3.63, 3.8) is 0 Å². The third-order valence-electron chi connectivity index (χ3n) is 2.05. The number of nitrogens with zero attached hydrogens (tertiary/aromatic N) is 3. The Bertz CT molecular complexity index is 543. The Labute approximate surface area is 96.3 Å². The minimum Gasteiger partial charge on any atom is -0.464 e. The van der Waals surface area contributed by atoms with Gasteiger partial charge in [-0.3, -0.25) is 4.98 Å². The van der Waals surface area contributed by atoms with Crippen LogP contribution < -0.4 is 0 Å². The number of aromatic nitrogens is 3. The molecule has 86 valence electrons. The fraction of sp³-hybridized carbons (Fsp3) is 0.0909. The van der Waals surface area contributed by atoms with E-state index in [0.717, 1.165) is 0 Å². The van der Waals surface area contributed by atoms with E-state index in [2.05, 4.69) is 19.7 Å². The van der Waals surface area contributed by atoms with Crippen molar-refractivity contribution >= 4 is 5.97 Å². The van der Waals surface area contributed by atoms with Crippen LogP contribution in [0.2, 0.25) is 0 Å². The second-order valence-corrected chi connectivity index (χ2v) is 3.15. The molecule has 0 amide bonds. The summed E-state index contributed by atoms with van der Waals surface area (Å²) in [6, 6.07) is 2.72. The first-order chi connectivity index (χ1) is 8.20. The standard InChI is InChI=1S/C11H8FN3O2/c1-17-11(16)9-6-13-5-8(15-9)7-2-3-10(12)14-4-7/h2-6H,1H3. The molecule has 2 rings (SSSR count). The number of pyridine rings is 1. The Morgan fingerprint density at radius 1 is 1.29 bits per heavy atom. The molecule has 2 aromatic rings. The van der Waals surface area contributed by atoms with Gasteiger partial charge >= 0.3 is 5.97 Å². The lowest BCUT2D eigenvalue weighted by atomic mass is 10.2. The van der Waals surface area contributed by atoms with Gasteiger partial charge < -0.3 is 4.74 Å². The van der Waals surface area contributed by atoms with Crippen molar-refractivity contribution in [2.45, 2.75) is 0 Å². The monoisotopic (exact) mass is 233 g/mol. The third kappa shape index (κ3) is 2.41. The molecule has 0 N–H and O–H groups in total. The highest BCUT2D eigenvalue weighted by Crippen LogP contribution is 2.15. The number of methoxy groups -OCH3 is 1. The van der Waals surface area contributed by atoms with E-state index in [4.69, 9.17) is 0 Å². The molecule has 0 aliphatic heterocycles. The van der Waals surface area contributed by atoms with Gasteiger partial charge in [-0.05, 0) is 12.1 Å². The zero-order valence-electron chi connectivity index (χ0n) is 8.92. The Kier molecular flexibility index (Phi) is 3.04. The van der Waals surface area contributed by atoms with E-state index in [0.29, 0.717) is 11.3 Å². The van der Waals surface area contributed by atoms with Crippen molar-refractivity contribution in [2.24, 2.45) is 0 Å². The molecule has 0 aliphatic carbocycles. The number of hydrogen-bond donors (Lipinski definition) is 0. The van der Waals surface area contributed by atoms with E-state index in [1.165, 1.54) is 37.8 Å². The SMILES string of the molecule is COC(=O)c1cncc(-c2ccc(F)nc2)n1. The van der Waals surface area contributed by atoms with Crippen LogP contribution in [0.3, 0.4) is 0 Å². The van der Waals surface area contributed by atoms with Crippen LogP contribution >= 0.6 is 0 Å². The summed E-state index contributed by atoms with van der Waals surface area (Å²) in [6.07, 6.45) is 4.08. The summed E-state index contributed by atoms with van der Waals surface area (Å²) in [4.78, 5) is 22.7. The van der Waals surface area contributed by atoms with Crippen molar-refractivity contribution in [1.29, 1.82) is 0 Å². The van der Waals surface area contributed by atoms with Crippen LogP contribution in [0, 0.1) is 5.95 Å². The number of halogens is 1. The van der Waals surface area contributed by atoms with Crippen molar-refractivity contribution in [1.82, 2.24) is 15.0 Å². The molecule has 0 aromatic carbocycles. The highest BCUT2D eigenvalue weighted by molar-refractivity contribution is 5.87. The second kappa shape index (κ2) is 4.65. The van der Waals surface area contributed by atoms with Crippen LogP contribution in [0.4, 0.5) is 4.39 Å². The Morgan fingerprint density at radius 3 is 2.76 bits per heavy atom. The molecule has 0 aliphatic rings. The maximum atomic E-state index is 12.6. The van der Waals surface area contributed by atoms with Crippen LogP contribution in [-0.4, -0.2) is 28.0 Å². The van der Waals surface area contributed by atoms with Gasteiger partial charge in [-0.1, -0.05) is 0 Å². The number of carbonyl (C=O) groups is 1. The van der Waals surface area contributed by atoms with Crippen molar-refractivity contribution in [3.8, 4) is 11.3 Å². The molecule has 2 heterocycles. The third-order valence-corrected chi connectivity index (χ3v) is 2.05. The van der Waals surface area contributed by atoms with Gasteiger partial charge in [0.2, 0.25) is 5.95 Å². The number of rotatable bonds is 2. The highest BCUT2D eigenvalue weighted by Gasteiger charge is 2.09. The quantitative estimate of drug-likeness (QED) is 0.580. The zero-order chi connectivity index (χ0) is 12.3. The summed E-state index contributed by atoms with van der Waals surface area (Å²) in [5, 5.41) is 0. The van der Waals surface area contributed by atoms with Crippen molar-refractivity contribution in [2.75, 3.05) is 7.11 Å². The number of hydrogen-bond acceptors (Lipinski definition) is 5. The van der Waals surface area contributed by atoms with Crippen molar-refractivity contribution in [3.05, 3.63) is 42.4 Å². The minimum atomic E-state index is -0.578. The van der Waals surface area contributed by atoms with E-state index in [1.54, 1.807) is 0 Å². The first-order valence-electron chi connectivity index (χ1n) is 4.73. The summed E-state index contributed by atoms with van der Waals surface area (Å²) in [5.41, 5.74) is 1.10. The maximum Gasteiger partial charge on any atom is 0.358 e. The summed E-state index contributed by atoms with van der Waals surface area (Å²) < 4.78 is 17.2. The topological polar surface area (TPSA) is 65.0 Å². The normalized spacial score (nSPS) is 10.0. The molecular formula is C11H8FN3O2. The van der Waals surface area contributed by atoms with Gasteiger partial charge in [0.15, 0.2) is 5.69 Å². The fourth-order valence-corrected chi connectivity index (χ4v) is 1.24. The van der Waals surface area contributed by atoms with Gasteiger partial charge in [-0.2, -0.15) is 4.39 Å². The highest BCUT2D eigenvalue weighted by atomic mass is 19.1. The maximum absolute atomic E-state index is 12.6. The Balaban J connectivity index is 2.39. The Hall–Kier alpha value is -2.37. The summed E-state index contributed by atoms with van der Waals surface area (Å²) in [5.74, 6) is -1.15. The average Bonchev–Trinajstić information content (AvgIpc) is 2.39. The minimum absolute atomic E-state index is 0.0920. The molecule has 0 radical (unpaired) electrons. The first kappa shape index (κ1) is 11.1. The molecule has 0 unspecified atom stereocenters. The molecule has 0 fully saturated rings. The van der Waals surface area contributed by atoms with Gasteiger partial charge in [0.1, 0.15) is 0 Å². The molecule has 0 spiro atoms. The predicted molar refractivity (Wildman–Crippen MR) is 56.6 cm³/mol. The van der Waals surface area contributed by atoms with E-state index < -0.39 is 11.9 Å². The van der Waals surface area contributed by atoms with Crippen LogP contribution in [0.1, 0.15) is 10.5 Å². The van der Waals surface area contributed by atoms with Gasteiger partial charge in [0.25, 0.3) is 0 Å². The van der Waals surface area contributed by atoms with Crippen LogP contribution in [0.15, 0.2) is 30.7 Å². The smallest absolute Gasteiger partial charge is 0.358 e. The van der Waals surface area contributed by atoms with E-state index in [1.807, 2.05) is 0 Å². The van der Waals surface area contributed by atoms with E-state index >= 15 is 0 Å². The van der Waals surface area contributed by atoms with Gasteiger partial charge in [-0.15, -0.1) is 0 Å². The van der Waals surface area contributed by atoms with Crippen molar-refractivity contribution < 1.29 is 13.9 Å². The number of esters is 1. The number of carbonyl (C=O) groups excluding carboxylic acids is 1. The van der Waals surface area contributed by atoms with Gasteiger partial charge in [0.05, 0.1) is 25.2 Å². The number of ether oxygens (including phenoxy) is 1. The molecule has 0 saturated heterocycles. The second-order valence-electron chi connectivity index (χ2n) is 3.15. The molecule has 17 heavy (non-hydrogen) atoms. The molecule has 0 bridgehead atoms. The molecule has 5 nitrogen and oxygen atoms in total. The molecule has 2 aromatic heterocycles. The molecule has 0 atom stereocenters. The average molecular weight is 233 g/mol. The molecular weight excluding hydrogens is 225 g/mol. The molecule has 0 saturated carbocycles. The predicted octanol–water partition coefficient (Wildman–Crippen LogP) is 1.46. The lowest BCUT2D eigenvalue weighted by molar-refractivity contribution is 0.0593. The largest absolute Gasteiger partial charge is 0.464 e. The Morgan fingerprint density at radius 2 is 2.12 bits per heavy atom. The van der Waals surface area contributed by atoms with E-state index in [9.17, 15) is 9.18 Å². The fourth-order valence-electron chi connectivity index (χ4n) is 1.24. The van der Waals surface area contributed by atoms with Gasteiger partial charge in [-0.25, -0.2) is 14.8 Å². The molecule has 6 heteroatoms. The van der Waals surface area contributed by atoms with Crippen LogP contribution in [0.25, 0.3) is 11.3 Å². The van der Waals surface area contributed by atoms with Crippen LogP contribution in [-0.2, 0) is 4.74 Å². The van der Waals surface area contributed by atoms with Gasteiger partial charge in [0, 0.05) is 11.8 Å². The lowest BCUT2D eigenvalue weighted by Gasteiger charge is -2.02. The lowest BCUT2D eigenvalue weighted by Crippen LogP contribution is -2.05. The van der Waals surface area contributed by atoms with Crippen LogP contribution in [0.5, 0.6) is 0 Å². The van der Waals surface area contributed by atoms with E-state index in [-0.39, 0.29) is 5.69 Å². The summed E-state index contributed by atoms with van der Waals surface area (Å²) in [7, 11) is 1.26. The summed E-state index contributed by atoms with van der Waals surface area (Å²) in [6.45, 7) is 0.